The average Bonchev–Trinajstić information content (AvgIpc) is 2.60. The number of hydrogen-bond acceptors (Lipinski definition) is 7. The van der Waals surface area contributed by atoms with Crippen LogP contribution < -0.4 is 0 Å². The summed E-state index contributed by atoms with van der Waals surface area (Å²) in [6, 6.07) is 0. The minimum absolute atomic E-state index is 0. The molecule has 0 radical (unpaired) electrons. The quantitative estimate of drug-likeness (QED) is 0.190. The molecule has 33 heavy (non-hydrogen) atoms. The van der Waals surface area contributed by atoms with E-state index in [9.17, 15) is 9.59 Å². The molecule has 0 fully saturated rings. The second-order valence-electron chi connectivity index (χ2n) is 6.05. The topological polar surface area (TPSA) is 91.3 Å². The highest BCUT2D eigenvalue weighted by molar-refractivity contribution is 5.66. The van der Waals surface area contributed by atoms with Crippen LogP contribution in [0.2, 0.25) is 0 Å². The molecule has 0 spiro atoms. The van der Waals surface area contributed by atoms with Crippen molar-refractivity contribution in [1.82, 2.24) is 0 Å². The van der Waals surface area contributed by atoms with Crippen molar-refractivity contribution in [2.24, 2.45) is 0 Å². The van der Waals surface area contributed by atoms with Gasteiger partial charge in [-0.1, -0.05) is 71.9 Å². The van der Waals surface area contributed by atoms with Crippen LogP contribution in [0.15, 0.2) is 12.3 Å². The Hall–Kier alpha value is -1.60. The van der Waals surface area contributed by atoms with Crippen molar-refractivity contribution in [3.8, 4) is 0 Å². The van der Waals surface area contributed by atoms with E-state index in [2.05, 4.69) is 11.3 Å². The third-order valence-corrected chi connectivity index (χ3v) is 3.16. The van der Waals surface area contributed by atoms with Crippen LogP contribution in [-0.2, 0) is 28.5 Å². The van der Waals surface area contributed by atoms with Crippen LogP contribution >= 0.6 is 0 Å². The molecule has 0 heterocycles. The van der Waals surface area contributed by atoms with E-state index in [1.165, 1.54) is 13.8 Å². The maximum absolute atomic E-state index is 10.4. The molecule has 0 aromatic rings. The SMILES string of the molecule is C.C.C.C.C.C.C=C(COC(C)=O)OCOC(C)CC.CCC(C)O.CCC(C)OC(C)=O. The van der Waals surface area contributed by atoms with Gasteiger partial charge in [-0.3, -0.25) is 9.59 Å². The molecule has 0 aliphatic carbocycles. The van der Waals surface area contributed by atoms with Crippen LogP contribution in [0.3, 0.4) is 0 Å². The van der Waals surface area contributed by atoms with Crippen LogP contribution in [0.25, 0.3) is 0 Å². The number of hydrogen-bond donors (Lipinski definition) is 1. The van der Waals surface area contributed by atoms with Gasteiger partial charge in [0.05, 0.1) is 18.3 Å². The molecule has 7 nitrogen and oxygen atoms in total. The van der Waals surface area contributed by atoms with Gasteiger partial charge in [-0.2, -0.15) is 0 Å². The van der Waals surface area contributed by atoms with Crippen molar-refractivity contribution in [3.63, 3.8) is 0 Å². The van der Waals surface area contributed by atoms with E-state index in [0.717, 1.165) is 19.3 Å². The number of aliphatic hydroxyl groups excluding tert-OH is 1. The lowest BCUT2D eigenvalue weighted by Crippen LogP contribution is -2.12. The molecule has 7 heteroatoms. The van der Waals surface area contributed by atoms with E-state index in [4.69, 9.17) is 19.3 Å². The Morgan fingerprint density at radius 2 is 1.15 bits per heavy atom. The molecule has 1 N–H and O–H groups in total. The highest BCUT2D eigenvalue weighted by Crippen LogP contribution is 2.00. The Balaban J connectivity index is -0.0000000380. The van der Waals surface area contributed by atoms with E-state index in [1.807, 2.05) is 34.6 Å². The second kappa shape index (κ2) is 40.7. The Morgan fingerprint density at radius 1 is 0.758 bits per heavy atom. The third kappa shape index (κ3) is 65.1. The van der Waals surface area contributed by atoms with Gasteiger partial charge in [0.1, 0.15) is 12.4 Å². The Morgan fingerprint density at radius 3 is 1.39 bits per heavy atom. The van der Waals surface area contributed by atoms with Crippen LogP contribution in [0.5, 0.6) is 0 Å². The van der Waals surface area contributed by atoms with Crippen LogP contribution in [0.1, 0.15) is 119 Å². The van der Waals surface area contributed by atoms with Crippen molar-refractivity contribution in [3.05, 3.63) is 12.3 Å². The zero-order valence-corrected chi connectivity index (χ0v) is 18.4. The standard InChI is InChI=1S/C10H18O4.C6H12O2.C4H10O.6CH4/c1-5-8(2)13-7-14-9(3)6-12-10(4)11;1-4-5(2)8-6(3)7;1-3-4(2)5;;;;;;/h8H,3,5-7H2,1-2,4H3;5H,4H2,1-3H3;4-5H,3H2,1-2H3;6*1H4. The molecule has 0 saturated heterocycles. The lowest BCUT2D eigenvalue weighted by molar-refractivity contribution is -0.145. The van der Waals surface area contributed by atoms with Gasteiger partial charge in [-0.05, 0) is 40.0 Å². The third-order valence-electron chi connectivity index (χ3n) is 3.16. The Bertz CT molecular complexity index is 383. The minimum Gasteiger partial charge on any atom is -0.469 e. The summed E-state index contributed by atoms with van der Waals surface area (Å²) in [6.07, 6.45) is 2.80. The summed E-state index contributed by atoms with van der Waals surface area (Å²) in [5.41, 5.74) is 0. The molecular weight excluding hydrogens is 424 g/mol. The first kappa shape index (κ1) is 57.8. The lowest BCUT2D eigenvalue weighted by Gasteiger charge is -2.12. The molecule has 210 valence electrons. The molecule has 0 aliphatic heterocycles. The zero-order valence-electron chi connectivity index (χ0n) is 18.4. The molecule has 0 saturated carbocycles. The smallest absolute Gasteiger partial charge is 0.303 e. The summed E-state index contributed by atoms with van der Waals surface area (Å²) in [4.78, 5) is 20.6. The molecule has 0 aliphatic rings. The summed E-state index contributed by atoms with van der Waals surface area (Å²) in [6.45, 7) is 18.1. The first-order valence-corrected chi connectivity index (χ1v) is 9.40. The summed E-state index contributed by atoms with van der Waals surface area (Å²) >= 11 is 0. The number of rotatable bonds is 10. The number of ether oxygens (including phenoxy) is 4. The average molecular weight is 489 g/mol. The maximum Gasteiger partial charge on any atom is 0.303 e. The summed E-state index contributed by atoms with van der Waals surface area (Å²) in [5, 5.41) is 8.36. The number of carbonyl (C=O) groups excluding carboxylic acids is 2. The number of carbonyl (C=O) groups is 2. The summed E-state index contributed by atoms with van der Waals surface area (Å²) in [7, 11) is 0. The second-order valence-corrected chi connectivity index (χ2v) is 6.05. The van der Waals surface area contributed by atoms with E-state index in [1.54, 1.807) is 6.92 Å². The molecule has 0 bridgehead atoms. The highest BCUT2D eigenvalue weighted by atomic mass is 16.7. The lowest BCUT2D eigenvalue weighted by atomic mass is 10.3. The summed E-state index contributed by atoms with van der Waals surface area (Å²) in [5.74, 6) is -0.152. The molecule has 3 unspecified atom stereocenters. The molecule has 0 amide bonds. The van der Waals surface area contributed by atoms with Gasteiger partial charge < -0.3 is 24.1 Å². The van der Waals surface area contributed by atoms with Crippen molar-refractivity contribution in [2.45, 2.75) is 138 Å². The highest BCUT2D eigenvalue weighted by Gasteiger charge is 2.01. The minimum atomic E-state index is -0.349. The molecule has 0 aromatic carbocycles. The number of esters is 2. The van der Waals surface area contributed by atoms with E-state index >= 15 is 0 Å². The normalized spacial score (nSPS) is 10.5. The molecule has 3 atom stereocenters. The van der Waals surface area contributed by atoms with Crippen molar-refractivity contribution in [2.75, 3.05) is 13.4 Å². The fraction of sp³-hybridized carbons (Fsp3) is 0.846. The maximum atomic E-state index is 10.4. The first-order valence-electron chi connectivity index (χ1n) is 9.40. The van der Waals surface area contributed by atoms with Crippen LogP contribution in [0, 0.1) is 0 Å². The fourth-order valence-electron chi connectivity index (χ4n) is 0.942. The van der Waals surface area contributed by atoms with Gasteiger partial charge in [-0.15, -0.1) is 0 Å². The number of aliphatic hydroxyl groups is 1. The Kier molecular flexibility index (Phi) is 71.4. The van der Waals surface area contributed by atoms with Crippen LogP contribution in [0.4, 0.5) is 0 Å². The Labute approximate surface area is 209 Å². The monoisotopic (exact) mass is 488 g/mol. The van der Waals surface area contributed by atoms with Crippen molar-refractivity contribution in [1.29, 1.82) is 0 Å². The molecule has 0 aromatic heterocycles. The van der Waals surface area contributed by atoms with Gasteiger partial charge >= 0.3 is 11.9 Å². The van der Waals surface area contributed by atoms with Crippen molar-refractivity contribution < 1.29 is 33.6 Å². The van der Waals surface area contributed by atoms with Gasteiger partial charge in [0.25, 0.3) is 0 Å². The molecule has 0 rings (SSSR count). The van der Waals surface area contributed by atoms with E-state index in [-0.39, 0.29) is 88.2 Å². The van der Waals surface area contributed by atoms with E-state index < -0.39 is 0 Å². The zero-order chi connectivity index (χ0) is 21.8. The largest absolute Gasteiger partial charge is 0.469 e. The summed E-state index contributed by atoms with van der Waals surface area (Å²) < 4.78 is 19.7. The van der Waals surface area contributed by atoms with Crippen molar-refractivity contribution >= 4 is 11.9 Å². The predicted octanol–water partition coefficient (Wildman–Crippen LogP) is 7.79. The van der Waals surface area contributed by atoms with Gasteiger partial charge in [0.2, 0.25) is 0 Å². The van der Waals surface area contributed by atoms with E-state index in [0.29, 0.717) is 5.76 Å². The first-order chi connectivity index (χ1) is 12.5. The van der Waals surface area contributed by atoms with Crippen LogP contribution in [-0.4, -0.2) is 48.8 Å². The predicted molar refractivity (Wildman–Crippen MR) is 146 cm³/mol. The van der Waals surface area contributed by atoms with Gasteiger partial charge in [0.15, 0.2) is 6.79 Å². The van der Waals surface area contributed by atoms with Gasteiger partial charge in [0, 0.05) is 13.8 Å². The fourth-order valence-corrected chi connectivity index (χ4v) is 0.942. The molecular formula is C26H64O7. The van der Waals surface area contributed by atoms with Gasteiger partial charge in [-0.25, -0.2) is 0 Å².